The maximum Gasteiger partial charge on any atom is 0.237 e. The molecule has 0 aromatic carbocycles. The molecule has 98 valence electrons. The summed E-state index contributed by atoms with van der Waals surface area (Å²) >= 11 is 1.89. The first kappa shape index (κ1) is 13.2. The lowest BCUT2D eigenvalue weighted by Crippen LogP contribution is -2.49. The Bertz CT molecular complexity index is 276. The molecule has 4 nitrogen and oxygen atoms in total. The van der Waals surface area contributed by atoms with Gasteiger partial charge >= 0.3 is 0 Å². The van der Waals surface area contributed by atoms with E-state index in [4.69, 9.17) is 4.74 Å². The van der Waals surface area contributed by atoms with Crippen LogP contribution in [0.2, 0.25) is 0 Å². The molecular weight excluding hydrogens is 236 g/mol. The molecule has 1 aliphatic carbocycles. The van der Waals surface area contributed by atoms with Crippen molar-refractivity contribution in [1.82, 2.24) is 10.6 Å². The Kier molecular flexibility index (Phi) is 4.33. The summed E-state index contributed by atoms with van der Waals surface area (Å²) in [5.41, 5.74) is 0. The Balaban J connectivity index is 1.74. The van der Waals surface area contributed by atoms with Crippen LogP contribution in [0.3, 0.4) is 0 Å². The summed E-state index contributed by atoms with van der Waals surface area (Å²) in [5.74, 6) is 0.130. The first-order chi connectivity index (χ1) is 8.19. The Labute approximate surface area is 107 Å². The van der Waals surface area contributed by atoms with Crippen molar-refractivity contribution in [2.75, 3.05) is 26.5 Å². The third-order valence-corrected chi connectivity index (χ3v) is 5.44. The summed E-state index contributed by atoms with van der Waals surface area (Å²) < 4.78 is 5.56. The fraction of sp³-hybridized carbons (Fsp3) is 0.917. The lowest BCUT2D eigenvalue weighted by Gasteiger charge is -2.40. The van der Waals surface area contributed by atoms with Gasteiger partial charge in [-0.1, -0.05) is 6.42 Å². The molecular formula is C12H22N2O2S. The van der Waals surface area contributed by atoms with Crippen LogP contribution in [0.1, 0.15) is 25.7 Å². The third-order valence-electron chi connectivity index (χ3n) is 4.02. The molecule has 2 unspecified atom stereocenters. The maximum absolute atomic E-state index is 12.0. The van der Waals surface area contributed by atoms with Gasteiger partial charge in [-0.15, -0.1) is 0 Å². The molecule has 1 aliphatic heterocycles. The molecule has 0 spiro atoms. The smallest absolute Gasteiger partial charge is 0.237 e. The molecule has 17 heavy (non-hydrogen) atoms. The Morgan fingerprint density at radius 1 is 1.59 bits per heavy atom. The second-order valence-corrected chi connectivity index (χ2v) is 6.29. The van der Waals surface area contributed by atoms with Gasteiger partial charge < -0.3 is 15.4 Å². The number of amides is 1. The van der Waals surface area contributed by atoms with Crippen molar-refractivity contribution in [3.63, 3.8) is 0 Å². The highest BCUT2D eigenvalue weighted by atomic mass is 32.2. The first-order valence-corrected chi connectivity index (χ1v) is 7.51. The zero-order chi connectivity index (χ0) is 12.3. The highest BCUT2D eigenvalue weighted by molar-refractivity contribution is 8.00. The molecule has 0 radical (unpaired) electrons. The van der Waals surface area contributed by atoms with Gasteiger partial charge in [0, 0.05) is 24.9 Å². The maximum atomic E-state index is 12.0. The molecule has 0 aromatic heterocycles. The van der Waals surface area contributed by atoms with E-state index in [2.05, 4.69) is 16.9 Å². The Morgan fingerprint density at radius 3 is 2.82 bits per heavy atom. The lowest BCUT2D eigenvalue weighted by atomic mass is 9.84. The zero-order valence-electron chi connectivity index (χ0n) is 10.6. The van der Waals surface area contributed by atoms with Crippen LogP contribution in [0.15, 0.2) is 0 Å². The quantitative estimate of drug-likeness (QED) is 0.764. The van der Waals surface area contributed by atoms with Crippen LogP contribution < -0.4 is 10.6 Å². The van der Waals surface area contributed by atoms with E-state index in [1.165, 1.54) is 19.3 Å². The van der Waals surface area contributed by atoms with Gasteiger partial charge in [0.1, 0.15) is 0 Å². The average molecular weight is 258 g/mol. The van der Waals surface area contributed by atoms with Crippen molar-refractivity contribution in [2.45, 2.75) is 42.6 Å². The van der Waals surface area contributed by atoms with E-state index < -0.39 is 0 Å². The molecule has 2 N–H and O–H groups in total. The van der Waals surface area contributed by atoms with Gasteiger partial charge in [-0.3, -0.25) is 4.79 Å². The van der Waals surface area contributed by atoms with Gasteiger partial charge in [-0.25, -0.2) is 0 Å². The normalized spacial score (nSPS) is 30.9. The van der Waals surface area contributed by atoms with Gasteiger partial charge in [0.25, 0.3) is 0 Å². The molecule has 2 aliphatic rings. The van der Waals surface area contributed by atoms with Crippen molar-refractivity contribution >= 4 is 17.7 Å². The number of carbonyl (C=O) groups is 1. The predicted octanol–water partition coefficient (Wildman–Crippen LogP) is 0.765. The monoisotopic (exact) mass is 258 g/mol. The van der Waals surface area contributed by atoms with Gasteiger partial charge in [-0.05, 0) is 25.5 Å². The zero-order valence-corrected chi connectivity index (χ0v) is 11.4. The minimum atomic E-state index is -0.0704. The van der Waals surface area contributed by atoms with E-state index in [-0.39, 0.29) is 18.1 Å². The molecule has 1 amide bonds. The summed E-state index contributed by atoms with van der Waals surface area (Å²) in [6, 6.07) is -0.0704. The van der Waals surface area contributed by atoms with E-state index in [0.717, 1.165) is 19.5 Å². The van der Waals surface area contributed by atoms with Crippen LogP contribution in [-0.2, 0) is 9.53 Å². The van der Waals surface area contributed by atoms with Crippen LogP contribution >= 0.6 is 11.8 Å². The molecule has 1 saturated heterocycles. The number of hydrogen-bond acceptors (Lipinski definition) is 4. The number of ether oxygens (including phenoxy) is 1. The predicted molar refractivity (Wildman–Crippen MR) is 70.3 cm³/mol. The van der Waals surface area contributed by atoms with Gasteiger partial charge in [0.2, 0.25) is 5.91 Å². The molecule has 1 heterocycles. The Morgan fingerprint density at radius 2 is 2.35 bits per heavy atom. The minimum absolute atomic E-state index is 0.0704. The highest BCUT2D eigenvalue weighted by Gasteiger charge is 2.37. The number of methoxy groups -OCH3 is 1. The van der Waals surface area contributed by atoms with E-state index in [1.807, 2.05) is 11.8 Å². The van der Waals surface area contributed by atoms with Crippen LogP contribution in [0, 0.1) is 0 Å². The average Bonchev–Trinajstić information content (AvgIpc) is 2.76. The summed E-state index contributed by atoms with van der Waals surface area (Å²) in [5, 5.41) is 6.29. The van der Waals surface area contributed by atoms with Gasteiger partial charge in [0.05, 0.1) is 12.1 Å². The van der Waals surface area contributed by atoms with Crippen LogP contribution in [0.4, 0.5) is 0 Å². The molecule has 2 fully saturated rings. The number of rotatable bonds is 5. The number of nitrogens with one attached hydrogen (secondary N) is 2. The number of thioether (sulfide) groups is 1. The molecule has 2 atom stereocenters. The second-order valence-electron chi connectivity index (χ2n) is 5.01. The Hall–Kier alpha value is -0.260. The van der Waals surface area contributed by atoms with Crippen molar-refractivity contribution in [2.24, 2.45) is 0 Å². The van der Waals surface area contributed by atoms with Crippen molar-refractivity contribution in [3.05, 3.63) is 0 Å². The standard InChI is InChI=1S/C12H22N2O2S/c1-16-9-6-10(13-7-9)11(15)14-8-12(17-2)4-3-5-12/h9-10,13H,3-8H2,1-2H3,(H,14,15). The van der Waals surface area contributed by atoms with Crippen LogP contribution in [0.5, 0.6) is 0 Å². The van der Waals surface area contributed by atoms with Crippen molar-refractivity contribution in [1.29, 1.82) is 0 Å². The molecule has 5 heteroatoms. The molecule has 1 saturated carbocycles. The van der Waals surface area contributed by atoms with Crippen molar-refractivity contribution < 1.29 is 9.53 Å². The fourth-order valence-corrected chi connectivity index (χ4v) is 3.39. The topological polar surface area (TPSA) is 50.4 Å². The molecule has 0 bridgehead atoms. The van der Waals surface area contributed by atoms with Gasteiger partial charge in [-0.2, -0.15) is 11.8 Å². The largest absolute Gasteiger partial charge is 0.380 e. The van der Waals surface area contributed by atoms with Crippen LogP contribution in [-0.4, -0.2) is 49.3 Å². The summed E-state index contributed by atoms with van der Waals surface area (Å²) in [7, 11) is 1.70. The molecule has 2 rings (SSSR count). The van der Waals surface area contributed by atoms with E-state index in [9.17, 15) is 4.79 Å². The SMILES string of the molecule is COC1CNC(C(=O)NCC2(SC)CCC2)C1. The van der Waals surface area contributed by atoms with E-state index >= 15 is 0 Å². The second kappa shape index (κ2) is 5.59. The van der Waals surface area contributed by atoms with Crippen molar-refractivity contribution in [3.8, 4) is 0 Å². The van der Waals surface area contributed by atoms with Gasteiger partial charge in [0.15, 0.2) is 0 Å². The first-order valence-electron chi connectivity index (χ1n) is 6.28. The third kappa shape index (κ3) is 2.95. The molecule has 0 aromatic rings. The van der Waals surface area contributed by atoms with Crippen LogP contribution in [0.25, 0.3) is 0 Å². The number of hydrogen-bond donors (Lipinski definition) is 2. The highest BCUT2D eigenvalue weighted by Crippen LogP contribution is 2.42. The van der Waals surface area contributed by atoms with E-state index in [0.29, 0.717) is 4.75 Å². The summed E-state index contributed by atoms with van der Waals surface area (Å²) in [6.07, 6.45) is 6.86. The summed E-state index contributed by atoms with van der Waals surface area (Å²) in [4.78, 5) is 12.0. The van der Waals surface area contributed by atoms with E-state index in [1.54, 1.807) is 7.11 Å². The minimum Gasteiger partial charge on any atom is -0.380 e. The lowest BCUT2D eigenvalue weighted by molar-refractivity contribution is -0.123. The number of carbonyl (C=O) groups excluding carboxylic acids is 1. The fourth-order valence-electron chi connectivity index (χ4n) is 2.48. The summed E-state index contributed by atoms with van der Waals surface area (Å²) in [6.45, 7) is 1.59.